The monoisotopic (exact) mass is 471 g/mol. The molecule has 0 atom stereocenters. The van der Waals surface area contributed by atoms with E-state index in [1.807, 2.05) is 43.3 Å². The largest absolute Gasteiger partial charge is 0.348 e. The fourth-order valence-corrected chi connectivity index (χ4v) is 3.10. The average Bonchev–Trinajstić information content (AvgIpc) is 2.68. The molecule has 1 heterocycles. The summed E-state index contributed by atoms with van der Waals surface area (Å²) in [7, 11) is 0. The second kappa shape index (κ2) is 8.77. The van der Waals surface area contributed by atoms with Crippen molar-refractivity contribution in [2.24, 2.45) is 0 Å². The van der Waals surface area contributed by atoms with Gasteiger partial charge in [-0.1, -0.05) is 24.3 Å². The van der Waals surface area contributed by atoms with Crippen molar-refractivity contribution < 1.29 is 9.59 Å². The van der Waals surface area contributed by atoms with Gasteiger partial charge in [0, 0.05) is 28.1 Å². The van der Waals surface area contributed by atoms with Gasteiger partial charge in [-0.25, -0.2) is 0 Å². The number of aryl methyl sites for hydroxylation is 1. The van der Waals surface area contributed by atoms with Crippen LogP contribution in [0, 0.1) is 10.5 Å². The van der Waals surface area contributed by atoms with Crippen LogP contribution in [0.3, 0.4) is 0 Å². The zero-order valence-corrected chi connectivity index (χ0v) is 16.9. The highest BCUT2D eigenvalue weighted by Gasteiger charge is 2.16. The number of amides is 2. The number of nitrogens with one attached hydrogen (secondary N) is 2. The van der Waals surface area contributed by atoms with Gasteiger partial charge >= 0.3 is 0 Å². The Hall–Kier alpha value is -2.74. The molecule has 0 bridgehead atoms. The molecule has 0 aliphatic heterocycles. The molecular formula is C21H18IN3O2. The number of halogens is 1. The molecule has 0 unspecified atom stereocenters. The highest BCUT2D eigenvalue weighted by atomic mass is 127. The van der Waals surface area contributed by atoms with Gasteiger partial charge in [-0.2, -0.15) is 0 Å². The fraction of sp³-hybridized carbons (Fsp3) is 0.0952. The Balaban J connectivity index is 1.79. The summed E-state index contributed by atoms with van der Waals surface area (Å²) in [5.41, 5.74) is 3.27. The lowest BCUT2D eigenvalue weighted by Crippen LogP contribution is -2.25. The van der Waals surface area contributed by atoms with Crippen LogP contribution >= 0.6 is 22.6 Å². The SMILES string of the molecule is Cc1ccccc1C(=O)Nc1ccc(I)cc1C(=O)NCc1cccnc1. The first-order valence-electron chi connectivity index (χ1n) is 8.38. The summed E-state index contributed by atoms with van der Waals surface area (Å²) >= 11 is 2.14. The molecule has 3 rings (SSSR count). The minimum atomic E-state index is -0.252. The second-order valence-corrected chi connectivity index (χ2v) is 7.25. The van der Waals surface area contributed by atoms with Gasteiger partial charge < -0.3 is 10.6 Å². The van der Waals surface area contributed by atoms with Crippen LogP contribution in [0.25, 0.3) is 0 Å². The Kier molecular flexibility index (Phi) is 6.18. The van der Waals surface area contributed by atoms with Crippen molar-refractivity contribution in [3.05, 3.63) is 92.8 Å². The third kappa shape index (κ3) is 4.91. The summed E-state index contributed by atoms with van der Waals surface area (Å²) in [6.45, 7) is 2.24. The van der Waals surface area contributed by atoms with Gasteiger partial charge in [0.2, 0.25) is 0 Å². The van der Waals surface area contributed by atoms with Crippen molar-refractivity contribution in [1.82, 2.24) is 10.3 Å². The van der Waals surface area contributed by atoms with Crippen LogP contribution in [0.4, 0.5) is 5.69 Å². The van der Waals surface area contributed by atoms with Crippen molar-refractivity contribution in [3.8, 4) is 0 Å². The maximum absolute atomic E-state index is 12.7. The molecule has 6 heteroatoms. The van der Waals surface area contributed by atoms with E-state index < -0.39 is 0 Å². The van der Waals surface area contributed by atoms with Crippen molar-refractivity contribution >= 4 is 40.1 Å². The van der Waals surface area contributed by atoms with E-state index in [0.717, 1.165) is 14.7 Å². The molecule has 2 amide bonds. The maximum Gasteiger partial charge on any atom is 0.255 e. The van der Waals surface area contributed by atoms with Crippen LogP contribution in [0.2, 0.25) is 0 Å². The number of benzene rings is 2. The minimum Gasteiger partial charge on any atom is -0.348 e. The number of pyridine rings is 1. The Morgan fingerprint density at radius 3 is 2.56 bits per heavy atom. The number of nitrogens with zero attached hydrogens (tertiary/aromatic N) is 1. The molecule has 0 aliphatic rings. The van der Waals surface area contributed by atoms with Gasteiger partial charge in [-0.3, -0.25) is 14.6 Å². The second-order valence-electron chi connectivity index (χ2n) is 6.00. The van der Waals surface area contributed by atoms with E-state index in [4.69, 9.17) is 0 Å². The lowest BCUT2D eigenvalue weighted by Gasteiger charge is -2.13. The molecule has 0 radical (unpaired) electrons. The first-order chi connectivity index (χ1) is 13.0. The molecule has 0 aliphatic carbocycles. The van der Waals surface area contributed by atoms with Gasteiger partial charge in [0.05, 0.1) is 11.3 Å². The van der Waals surface area contributed by atoms with Gasteiger partial charge in [-0.05, 0) is 71.0 Å². The number of carbonyl (C=O) groups excluding carboxylic acids is 2. The highest BCUT2D eigenvalue weighted by Crippen LogP contribution is 2.21. The zero-order chi connectivity index (χ0) is 19.2. The molecular weight excluding hydrogens is 453 g/mol. The molecule has 0 fully saturated rings. The standard InChI is InChI=1S/C21H18IN3O2/c1-14-5-2-3-7-17(14)21(27)25-19-9-8-16(22)11-18(19)20(26)24-13-15-6-4-10-23-12-15/h2-12H,13H2,1H3,(H,24,26)(H,25,27). The molecule has 1 aromatic heterocycles. The normalized spacial score (nSPS) is 10.3. The maximum atomic E-state index is 12.7. The Morgan fingerprint density at radius 1 is 1.00 bits per heavy atom. The molecule has 2 aromatic carbocycles. The van der Waals surface area contributed by atoms with E-state index in [0.29, 0.717) is 23.4 Å². The molecule has 2 N–H and O–H groups in total. The van der Waals surface area contributed by atoms with Gasteiger partial charge in [0.25, 0.3) is 11.8 Å². The summed E-state index contributed by atoms with van der Waals surface area (Å²) in [5, 5.41) is 5.73. The molecule has 5 nitrogen and oxygen atoms in total. The third-order valence-corrected chi connectivity index (χ3v) is 4.71. The van der Waals surface area contributed by atoms with Crippen LogP contribution in [0.1, 0.15) is 31.8 Å². The Bertz CT molecular complexity index is 974. The summed E-state index contributed by atoms with van der Waals surface area (Å²) in [6, 6.07) is 16.4. The van der Waals surface area contributed by atoms with Crippen molar-refractivity contribution in [3.63, 3.8) is 0 Å². The van der Waals surface area contributed by atoms with E-state index in [9.17, 15) is 9.59 Å². The predicted octanol–water partition coefficient (Wildman–Crippen LogP) is 4.18. The zero-order valence-electron chi connectivity index (χ0n) is 14.7. The first-order valence-corrected chi connectivity index (χ1v) is 9.46. The number of hydrogen-bond acceptors (Lipinski definition) is 3. The molecule has 136 valence electrons. The third-order valence-electron chi connectivity index (χ3n) is 4.04. The van der Waals surface area contributed by atoms with Crippen molar-refractivity contribution in [2.75, 3.05) is 5.32 Å². The molecule has 0 saturated carbocycles. The van der Waals surface area contributed by atoms with Crippen LogP contribution in [0.5, 0.6) is 0 Å². The number of carbonyl (C=O) groups is 2. The smallest absolute Gasteiger partial charge is 0.255 e. The van der Waals surface area contributed by atoms with E-state index in [1.165, 1.54) is 0 Å². The lowest BCUT2D eigenvalue weighted by molar-refractivity contribution is 0.0951. The van der Waals surface area contributed by atoms with E-state index in [-0.39, 0.29) is 11.8 Å². The quantitative estimate of drug-likeness (QED) is 0.549. The van der Waals surface area contributed by atoms with Crippen LogP contribution in [0.15, 0.2) is 67.0 Å². The molecule has 0 spiro atoms. The van der Waals surface area contributed by atoms with Crippen molar-refractivity contribution in [1.29, 1.82) is 0 Å². The number of rotatable bonds is 5. The summed E-state index contributed by atoms with van der Waals surface area (Å²) in [6.07, 6.45) is 3.39. The highest BCUT2D eigenvalue weighted by molar-refractivity contribution is 14.1. The topological polar surface area (TPSA) is 71.1 Å². The number of hydrogen-bond donors (Lipinski definition) is 2. The Labute approximate surface area is 171 Å². The number of aromatic nitrogens is 1. The van der Waals surface area contributed by atoms with Crippen LogP contribution in [-0.2, 0) is 6.54 Å². The van der Waals surface area contributed by atoms with E-state index in [1.54, 1.807) is 30.6 Å². The van der Waals surface area contributed by atoms with Crippen LogP contribution in [-0.4, -0.2) is 16.8 Å². The van der Waals surface area contributed by atoms with Gasteiger partial charge in [0.15, 0.2) is 0 Å². The average molecular weight is 471 g/mol. The van der Waals surface area contributed by atoms with E-state index >= 15 is 0 Å². The van der Waals surface area contributed by atoms with Crippen molar-refractivity contribution in [2.45, 2.75) is 13.5 Å². The molecule has 3 aromatic rings. The lowest BCUT2D eigenvalue weighted by atomic mass is 10.1. The summed E-state index contributed by atoms with van der Waals surface area (Å²) in [5.74, 6) is -0.493. The fourth-order valence-electron chi connectivity index (χ4n) is 2.61. The van der Waals surface area contributed by atoms with Gasteiger partial charge in [0.1, 0.15) is 0 Å². The van der Waals surface area contributed by atoms with Gasteiger partial charge in [-0.15, -0.1) is 0 Å². The molecule has 27 heavy (non-hydrogen) atoms. The molecule has 0 saturated heterocycles. The van der Waals surface area contributed by atoms with E-state index in [2.05, 4.69) is 38.2 Å². The Morgan fingerprint density at radius 2 is 1.81 bits per heavy atom. The van der Waals surface area contributed by atoms with Crippen LogP contribution < -0.4 is 10.6 Å². The summed E-state index contributed by atoms with van der Waals surface area (Å²) in [4.78, 5) is 29.3. The number of anilines is 1. The predicted molar refractivity (Wildman–Crippen MR) is 114 cm³/mol. The summed E-state index contributed by atoms with van der Waals surface area (Å²) < 4.78 is 0.910. The first kappa shape index (κ1) is 19.0. The minimum absolute atomic E-state index is 0.240.